The number of hydrogen-bond acceptors (Lipinski definition) is 5. The lowest BCUT2D eigenvalue weighted by Gasteiger charge is -2.49. The van der Waals surface area contributed by atoms with Crippen molar-refractivity contribution in [2.45, 2.75) is 37.6 Å². The fourth-order valence-electron chi connectivity index (χ4n) is 4.63. The van der Waals surface area contributed by atoms with E-state index in [9.17, 15) is 22.4 Å². The van der Waals surface area contributed by atoms with Crippen LogP contribution in [0.3, 0.4) is 0 Å². The number of amides is 1. The molecule has 3 fully saturated rings. The minimum Gasteiger partial charge on any atom is -0.470 e. The lowest BCUT2D eigenvalue weighted by atomic mass is 9.77. The first-order valence-corrected chi connectivity index (χ1v) is 10.5. The van der Waals surface area contributed by atoms with E-state index < -0.39 is 29.5 Å². The van der Waals surface area contributed by atoms with Crippen molar-refractivity contribution in [3.05, 3.63) is 65.9 Å². The number of aromatic nitrogens is 4. The van der Waals surface area contributed by atoms with Crippen molar-refractivity contribution in [1.29, 1.82) is 0 Å². The molecule has 2 saturated heterocycles. The lowest BCUT2D eigenvalue weighted by molar-refractivity contribution is -0.138. The molecule has 3 aliphatic rings. The average Bonchev–Trinajstić information content (AvgIpc) is 3.34. The molecule has 2 aliphatic heterocycles. The summed E-state index contributed by atoms with van der Waals surface area (Å²) < 4.78 is 58.5. The van der Waals surface area contributed by atoms with Crippen LogP contribution >= 0.6 is 0 Å². The fourth-order valence-corrected chi connectivity index (χ4v) is 4.63. The molecule has 3 atom stereocenters. The second-order valence-corrected chi connectivity index (χ2v) is 8.20. The van der Waals surface area contributed by atoms with Crippen LogP contribution in [0.5, 0.6) is 5.88 Å². The summed E-state index contributed by atoms with van der Waals surface area (Å²) in [6, 6.07) is 6.98. The number of rotatable bonds is 4. The molecule has 0 unspecified atom stereocenters. The van der Waals surface area contributed by atoms with Crippen LogP contribution in [-0.2, 0) is 6.18 Å². The maximum atomic E-state index is 14.3. The number of alkyl halides is 3. The number of nitrogens with zero attached hydrogens (tertiary/aromatic N) is 5. The number of benzene rings is 1. The van der Waals surface area contributed by atoms with Gasteiger partial charge in [-0.05, 0) is 43.4 Å². The first kappa shape index (κ1) is 21.4. The van der Waals surface area contributed by atoms with E-state index in [1.165, 1.54) is 17.2 Å². The smallest absolute Gasteiger partial charge is 0.417 e. The summed E-state index contributed by atoms with van der Waals surface area (Å²) in [7, 11) is 0. The van der Waals surface area contributed by atoms with Crippen LogP contribution in [0.15, 0.2) is 48.9 Å². The van der Waals surface area contributed by atoms with Gasteiger partial charge in [-0.15, -0.1) is 0 Å². The van der Waals surface area contributed by atoms with Crippen LogP contribution < -0.4 is 4.74 Å². The topological polar surface area (TPSA) is 73.1 Å². The predicted molar refractivity (Wildman–Crippen MR) is 107 cm³/mol. The van der Waals surface area contributed by atoms with Gasteiger partial charge in [-0.2, -0.15) is 28.2 Å². The molecular weight excluding hydrogens is 442 g/mol. The summed E-state index contributed by atoms with van der Waals surface area (Å²) in [5, 5.41) is 8.22. The van der Waals surface area contributed by atoms with Crippen LogP contribution in [0.1, 0.15) is 35.2 Å². The number of carbonyl (C=O) groups is 1. The Morgan fingerprint density at radius 3 is 2.58 bits per heavy atom. The second-order valence-electron chi connectivity index (χ2n) is 8.20. The van der Waals surface area contributed by atoms with E-state index in [1.54, 1.807) is 29.2 Å². The average molecular weight is 461 g/mol. The Morgan fingerprint density at radius 1 is 1.12 bits per heavy atom. The molecule has 1 aliphatic carbocycles. The minimum absolute atomic E-state index is 0.136. The molecule has 172 valence electrons. The quantitative estimate of drug-likeness (QED) is 0.552. The molecule has 1 aromatic carbocycles. The van der Waals surface area contributed by atoms with Gasteiger partial charge in [0.25, 0.3) is 11.8 Å². The van der Waals surface area contributed by atoms with Gasteiger partial charge < -0.3 is 9.64 Å². The molecule has 0 radical (unpaired) electrons. The highest BCUT2D eigenvalue weighted by atomic mass is 19.4. The van der Waals surface area contributed by atoms with Gasteiger partial charge in [0, 0.05) is 12.7 Å². The Morgan fingerprint density at radius 2 is 1.88 bits per heavy atom. The molecule has 2 aromatic heterocycles. The Bertz CT molecular complexity index is 1170. The van der Waals surface area contributed by atoms with Crippen LogP contribution in [-0.4, -0.2) is 49.5 Å². The third-order valence-corrected chi connectivity index (χ3v) is 6.15. The summed E-state index contributed by atoms with van der Waals surface area (Å²) in [5.74, 6) is -1.77. The van der Waals surface area contributed by atoms with Gasteiger partial charge in [0.05, 0.1) is 35.2 Å². The molecule has 1 amide bonds. The highest BCUT2D eigenvalue weighted by molar-refractivity contribution is 5.98. The van der Waals surface area contributed by atoms with Crippen molar-refractivity contribution in [1.82, 2.24) is 24.9 Å². The lowest BCUT2D eigenvalue weighted by Crippen LogP contribution is -2.59. The molecule has 1 saturated carbocycles. The Kier molecular flexibility index (Phi) is 5.26. The molecule has 4 heterocycles. The predicted octanol–water partition coefficient (Wildman–Crippen LogP) is 3.89. The van der Waals surface area contributed by atoms with E-state index in [1.807, 2.05) is 0 Å². The van der Waals surface area contributed by atoms with Crippen molar-refractivity contribution in [2.75, 3.05) is 6.54 Å². The highest BCUT2D eigenvalue weighted by Gasteiger charge is 2.45. The SMILES string of the molecule is O=C(c1ccccc1-n1nccn1)N1C[C@H]2CC[C@H]1[C@H](Oc1ncc(C(F)(F)F)cc1F)C2. The van der Waals surface area contributed by atoms with Gasteiger partial charge in [-0.3, -0.25) is 4.79 Å². The zero-order chi connectivity index (χ0) is 23.2. The first-order chi connectivity index (χ1) is 15.8. The van der Waals surface area contributed by atoms with Crippen molar-refractivity contribution in [3.8, 4) is 11.6 Å². The van der Waals surface area contributed by atoms with Gasteiger partial charge in [-0.25, -0.2) is 9.37 Å². The van der Waals surface area contributed by atoms with E-state index in [0.29, 0.717) is 42.9 Å². The number of halogens is 4. The van der Waals surface area contributed by atoms with Crippen molar-refractivity contribution < 1.29 is 27.1 Å². The molecule has 0 N–H and O–H groups in total. The van der Waals surface area contributed by atoms with E-state index in [0.717, 1.165) is 6.42 Å². The van der Waals surface area contributed by atoms with Gasteiger partial charge >= 0.3 is 6.18 Å². The number of hydrogen-bond donors (Lipinski definition) is 0. The van der Waals surface area contributed by atoms with Gasteiger partial charge in [0.15, 0.2) is 5.82 Å². The first-order valence-electron chi connectivity index (χ1n) is 10.5. The number of piperidine rings is 2. The van der Waals surface area contributed by atoms with E-state index in [-0.39, 0.29) is 17.9 Å². The summed E-state index contributed by atoms with van der Waals surface area (Å²) in [4.78, 5) is 20.1. The standard InChI is InChI=1S/C22H19F4N5O2/c23-16-10-14(22(24,25)26)11-27-20(16)33-19-9-13-5-6-18(19)30(12-13)21(32)15-3-1-2-4-17(15)31-28-7-8-29-31/h1-4,7-8,10-11,13,18-19H,5-6,9,12H2/t13-,18-,19+/m0/s1. The van der Waals surface area contributed by atoms with E-state index >= 15 is 0 Å². The molecular formula is C22H19F4N5O2. The van der Waals surface area contributed by atoms with Gasteiger partial charge in [-0.1, -0.05) is 12.1 Å². The minimum atomic E-state index is -4.70. The Labute approximate surface area is 186 Å². The number of ether oxygens (including phenoxy) is 1. The third kappa shape index (κ3) is 4.03. The summed E-state index contributed by atoms with van der Waals surface area (Å²) >= 11 is 0. The molecule has 33 heavy (non-hydrogen) atoms. The highest BCUT2D eigenvalue weighted by Crippen LogP contribution is 2.39. The van der Waals surface area contributed by atoms with Crippen molar-refractivity contribution >= 4 is 5.91 Å². The maximum Gasteiger partial charge on any atom is 0.417 e. The number of fused-ring (bicyclic) bond motifs is 3. The van der Waals surface area contributed by atoms with E-state index in [4.69, 9.17) is 4.74 Å². The van der Waals surface area contributed by atoms with Crippen LogP contribution in [0.25, 0.3) is 5.69 Å². The number of carbonyl (C=O) groups excluding carboxylic acids is 1. The molecule has 6 rings (SSSR count). The largest absolute Gasteiger partial charge is 0.470 e. The maximum absolute atomic E-state index is 14.3. The Hall–Kier alpha value is -3.50. The van der Waals surface area contributed by atoms with Crippen molar-refractivity contribution in [3.63, 3.8) is 0 Å². The summed E-state index contributed by atoms with van der Waals surface area (Å²) in [6.07, 6.45) is 0.408. The third-order valence-electron chi connectivity index (χ3n) is 6.15. The zero-order valence-electron chi connectivity index (χ0n) is 17.2. The zero-order valence-corrected chi connectivity index (χ0v) is 17.2. The van der Waals surface area contributed by atoms with Gasteiger partial charge in [0.2, 0.25) is 0 Å². The fraction of sp³-hybridized carbons (Fsp3) is 0.364. The number of pyridine rings is 1. The summed E-state index contributed by atoms with van der Waals surface area (Å²) in [6.45, 7) is 0.521. The monoisotopic (exact) mass is 461 g/mol. The Balaban J connectivity index is 1.40. The molecule has 0 spiro atoms. The molecule has 3 aromatic rings. The van der Waals surface area contributed by atoms with Gasteiger partial charge in [0.1, 0.15) is 6.10 Å². The van der Waals surface area contributed by atoms with Crippen LogP contribution in [0.2, 0.25) is 0 Å². The number of para-hydroxylation sites is 1. The molecule has 7 nitrogen and oxygen atoms in total. The van der Waals surface area contributed by atoms with E-state index in [2.05, 4.69) is 15.2 Å². The van der Waals surface area contributed by atoms with Crippen molar-refractivity contribution in [2.24, 2.45) is 5.92 Å². The summed E-state index contributed by atoms with van der Waals surface area (Å²) in [5.41, 5.74) is -0.237. The normalized spacial score (nSPS) is 22.4. The molecule has 11 heteroatoms. The molecule has 2 bridgehead atoms. The van der Waals surface area contributed by atoms with Crippen LogP contribution in [0, 0.1) is 11.7 Å². The van der Waals surface area contributed by atoms with Crippen LogP contribution in [0.4, 0.5) is 17.6 Å². The second kappa shape index (κ2) is 8.13.